The highest BCUT2D eigenvalue weighted by atomic mass is 14.9. The summed E-state index contributed by atoms with van der Waals surface area (Å²) in [7, 11) is 0. The summed E-state index contributed by atoms with van der Waals surface area (Å²) in [5.74, 6) is 2.87. The molecule has 1 fully saturated rings. The van der Waals surface area contributed by atoms with Gasteiger partial charge in [0.25, 0.3) is 0 Å². The summed E-state index contributed by atoms with van der Waals surface area (Å²) in [6.45, 7) is 5.40. The monoisotopic (exact) mass is 165 g/mol. The summed E-state index contributed by atoms with van der Waals surface area (Å²) in [5, 5.41) is 3.38. The third-order valence-electron chi connectivity index (χ3n) is 3.02. The Hall–Kier alpha value is -0.480. The molecular formula is C11H19N. The average Bonchev–Trinajstić information content (AvgIpc) is 2.49. The lowest BCUT2D eigenvalue weighted by molar-refractivity contribution is 0.269. The van der Waals surface area contributed by atoms with Crippen LogP contribution in [-0.2, 0) is 0 Å². The highest BCUT2D eigenvalue weighted by Gasteiger charge is 2.35. The summed E-state index contributed by atoms with van der Waals surface area (Å²) >= 11 is 0. The summed E-state index contributed by atoms with van der Waals surface area (Å²) < 4.78 is 0. The van der Waals surface area contributed by atoms with Crippen molar-refractivity contribution in [2.75, 3.05) is 6.54 Å². The van der Waals surface area contributed by atoms with Crippen molar-refractivity contribution in [3.05, 3.63) is 0 Å². The van der Waals surface area contributed by atoms with Crippen LogP contribution < -0.4 is 5.32 Å². The Morgan fingerprint density at radius 2 is 2.08 bits per heavy atom. The fourth-order valence-electron chi connectivity index (χ4n) is 2.18. The molecule has 0 bridgehead atoms. The molecule has 1 aliphatic rings. The second-order valence-electron chi connectivity index (χ2n) is 4.02. The van der Waals surface area contributed by atoms with Crippen molar-refractivity contribution < 1.29 is 0 Å². The van der Waals surface area contributed by atoms with Crippen molar-refractivity contribution in [3.8, 4) is 12.3 Å². The molecule has 0 amide bonds. The van der Waals surface area contributed by atoms with Gasteiger partial charge in [-0.3, -0.25) is 0 Å². The van der Waals surface area contributed by atoms with E-state index in [4.69, 9.17) is 6.42 Å². The van der Waals surface area contributed by atoms with E-state index >= 15 is 0 Å². The second-order valence-corrected chi connectivity index (χ2v) is 4.02. The summed E-state index contributed by atoms with van der Waals surface area (Å²) in [4.78, 5) is 0. The molecule has 1 aliphatic carbocycles. The molecule has 1 N–H and O–H groups in total. The molecule has 1 atom stereocenters. The first-order valence-electron chi connectivity index (χ1n) is 4.92. The van der Waals surface area contributed by atoms with Crippen LogP contribution in [0.4, 0.5) is 0 Å². The Morgan fingerprint density at radius 3 is 2.50 bits per heavy atom. The summed E-state index contributed by atoms with van der Waals surface area (Å²) in [6.07, 6.45) is 10.8. The Morgan fingerprint density at radius 1 is 1.50 bits per heavy atom. The summed E-state index contributed by atoms with van der Waals surface area (Å²) in [6, 6.07) is 0.282. The number of hydrogen-bond acceptors (Lipinski definition) is 1. The van der Waals surface area contributed by atoms with E-state index in [-0.39, 0.29) is 6.04 Å². The molecule has 1 unspecified atom stereocenters. The molecule has 0 aromatic rings. The van der Waals surface area contributed by atoms with Crippen LogP contribution in [0.25, 0.3) is 0 Å². The average molecular weight is 165 g/mol. The van der Waals surface area contributed by atoms with Crippen LogP contribution in [0, 0.1) is 17.8 Å². The third kappa shape index (κ3) is 1.81. The molecule has 0 aromatic heterocycles. The number of terminal acetylenes is 1. The lowest BCUT2D eigenvalue weighted by atomic mass is 9.81. The van der Waals surface area contributed by atoms with Crippen LogP contribution in [0.3, 0.4) is 0 Å². The van der Waals surface area contributed by atoms with E-state index in [1.807, 2.05) is 0 Å². The van der Waals surface area contributed by atoms with Crippen LogP contribution in [0.5, 0.6) is 0 Å². The smallest absolute Gasteiger partial charge is 0.0741 e. The summed E-state index contributed by atoms with van der Waals surface area (Å²) in [5.41, 5.74) is 0.366. The van der Waals surface area contributed by atoms with Crippen molar-refractivity contribution in [1.82, 2.24) is 5.32 Å². The number of hydrogen-bond donors (Lipinski definition) is 1. The lowest BCUT2D eigenvalue weighted by Gasteiger charge is -2.30. The molecular weight excluding hydrogens is 146 g/mol. The Balaban J connectivity index is 2.58. The van der Waals surface area contributed by atoms with Gasteiger partial charge in [-0.1, -0.05) is 32.6 Å². The van der Waals surface area contributed by atoms with Crippen LogP contribution >= 0.6 is 0 Å². The highest BCUT2D eigenvalue weighted by molar-refractivity contribution is 5.08. The van der Waals surface area contributed by atoms with E-state index in [1.54, 1.807) is 0 Å². The van der Waals surface area contributed by atoms with Gasteiger partial charge in [0, 0.05) is 0 Å². The number of nitrogens with one attached hydrogen (secondary N) is 1. The molecule has 0 saturated heterocycles. The maximum Gasteiger partial charge on any atom is 0.0741 e. The lowest BCUT2D eigenvalue weighted by Crippen LogP contribution is -2.40. The van der Waals surface area contributed by atoms with Crippen molar-refractivity contribution in [2.24, 2.45) is 5.41 Å². The molecule has 0 heterocycles. The van der Waals surface area contributed by atoms with Crippen molar-refractivity contribution in [3.63, 3.8) is 0 Å². The van der Waals surface area contributed by atoms with Crippen molar-refractivity contribution in [2.45, 2.75) is 45.6 Å². The topological polar surface area (TPSA) is 12.0 Å². The van der Waals surface area contributed by atoms with Gasteiger partial charge in [0.15, 0.2) is 0 Å². The van der Waals surface area contributed by atoms with E-state index < -0.39 is 0 Å². The molecule has 68 valence electrons. The Kier molecular flexibility index (Phi) is 3.17. The molecule has 0 radical (unpaired) electrons. The predicted molar refractivity (Wildman–Crippen MR) is 52.9 cm³/mol. The zero-order valence-electron chi connectivity index (χ0n) is 8.19. The molecule has 1 rings (SSSR count). The first kappa shape index (κ1) is 9.61. The second kappa shape index (κ2) is 3.96. The molecule has 1 nitrogen and oxygen atoms in total. The van der Waals surface area contributed by atoms with E-state index in [2.05, 4.69) is 25.1 Å². The zero-order chi connectivity index (χ0) is 9.03. The fourth-order valence-corrected chi connectivity index (χ4v) is 2.18. The molecule has 0 aromatic carbocycles. The van der Waals surface area contributed by atoms with Gasteiger partial charge in [-0.05, 0) is 24.8 Å². The van der Waals surface area contributed by atoms with Crippen molar-refractivity contribution in [1.29, 1.82) is 0 Å². The van der Waals surface area contributed by atoms with Crippen LogP contribution in [-0.4, -0.2) is 12.6 Å². The van der Waals surface area contributed by atoms with Gasteiger partial charge >= 0.3 is 0 Å². The standard InChI is InChI=1S/C11H19N/c1-4-10(12-5-2)11(3)8-6-7-9-11/h1,10,12H,5-9H2,2-3H3. The van der Waals surface area contributed by atoms with Crippen molar-refractivity contribution >= 4 is 0 Å². The van der Waals surface area contributed by atoms with E-state index in [9.17, 15) is 0 Å². The molecule has 1 saturated carbocycles. The van der Waals surface area contributed by atoms with Gasteiger partial charge in [0.05, 0.1) is 6.04 Å². The van der Waals surface area contributed by atoms with Gasteiger partial charge in [-0.2, -0.15) is 0 Å². The van der Waals surface area contributed by atoms with Gasteiger partial charge < -0.3 is 5.32 Å². The fraction of sp³-hybridized carbons (Fsp3) is 0.818. The Labute approximate surface area is 75.9 Å². The minimum absolute atomic E-state index is 0.282. The largest absolute Gasteiger partial charge is 0.304 e. The maximum absolute atomic E-state index is 5.51. The maximum atomic E-state index is 5.51. The van der Waals surface area contributed by atoms with Gasteiger partial charge in [0.1, 0.15) is 0 Å². The third-order valence-corrected chi connectivity index (χ3v) is 3.02. The van der Waals surface area contributed by atoms with Gasteiger partial charge in [-0.15, -0.1) is 6.42 Å². The molecule has 0 aliphatic heterocycles. The minimum Gasteiger partial charge on any atom is -0.304 e. The van der Waals surface area contributed by atoms with Gasteiger partial charge in [0.2, 0.25) is 0 Å². The zero-order valence-corrected chi connectivity index (χ0v) is 8.19. The molecule has 1 heteroatoms. The van der Waals surface area contributed by atoms with E-state index in [1.165, 1.54) is 25.7 Å². The molecule has 12 heavy (non-hydrogen) atoms. The van der Waals surface area contributed by atoms with Crippen LogP contribution in [0.2, 0.25) is 0 Å². The minimum atomic E-state index is 0.282. The quantitative estimate of drug-likeness (QED) is 0.632. The first-order chi connectivity index (χ1) is 5.73. The van der Waals surface area contributed by atoms with E-state index in [0.29, 0.717) is 5.41 Å². The predicted octanol–water partition coefficient (Wildman–Crippen LogP) is 2.18. The highest BCUT2D eigenvalue weighted by Crippen LogP contribution is 2.40. The molecule has 0 spiro atoms. The van der Waals surface area contributed by atoms with E-state index in [0.717, 1.165) is 6.54 Å². The number of rotatable bonds is 3. The normalized spacial score (nSPS) is 23.4. The van der Waals surface area contributed by atoms with Gasteiger partial charge in [-0.25, -0.2) is 0 Å². The first-order valence-corrected chi connectivity index (χ1v) is 4.92. The Bertz CT molecular complexity index is 172. The van der Waals surface area contributed by atoms with Crippen LogP contribution in [0.1, 0.15) is 39.5 Å². The van der Waals surface area contributed by atoms with Crippen LogP contribution in [0.15, 0.2) is 0 Å². The SMILES string of the molecule is C#CC(NCC)C1(C)CCCC1.